The van der Waals surface area contributed by atoms with Gasteiger partial charge in [-0.25, -0.2) is 4.98 Å². The van der Waals surface area contributed by atoms with E-state index in [4.69, 9.17) is 5.73 Å². The normalized spacial score (nSPS) is 16.8. The lowest BCUT2D eigenvalue weighted by Crippen LogP contribution is -2.25. The predicted molar refractivity (Wildman–Crippen MR) is 71.5 cm³/mol. The minimum absolute atomic E-state index is 0.0135. The molecule has 1 aromatic heterocycles. The SMILES string of the molecule is CCC(CO)Nc1nc(N)nc2c1CCNCC2. The molecule has 0 radical (unpaired) electrons. The predicted octanol–water partition coefficient (Wildman–Crippen LogP) is -0.0702. The Morgan fingerprint density at radius 1 is 1.39 bits per heavy atom. The highest BCUT2D eigenvalue weighted by molar-refractivity contribution is 5.51. The second-order valence-electron chi connectivity index (χ2n) is 4.54. The average Bonchev–Trinajstić information content (AvgIpc) is 2.60. The summed E-state index contributed by atoms with van der Waals surface area (Å²) < 4.78 is 0. The van der Waals surface area contributed by atoms with E-state index in [0.717, 1.165) is 49.4 Å². The molecule has 0 bridgehead atoms. The number of rotatable bonds is 4. The van der Waals surface area contributed by atoms with Gasteiger partial charge >= 0.3 is 0 Å². The van der Waals surface area contributed by atoms with E-state index in [1.54, 1.807) is 0 Å². The number of anilines is 2. The minimum Gasteiger partial charge on any atom is -0.394 e. The highest BCUT2D eigenvalue weighted by atomic mass is 16.3. The van der Waals surface area contributed by atoms with Gasteiger partial charge in [0, 0.05) is 18.5 Å². The lowest BCUT2D eigenvalue weighted by atomic mass is 10.1. The molecule has 2 heterocycles. The second kappa shape index (κ2) is 5.97. The molecule has 1 atom stereocenters. The summed E-state index contributed by atoms with van der Waals surface area (Å²) in [7, 11) is 0. The van der Waals surface area contributed by atoms with Gasteiger partial charge in [-0.2, -0.15) is 4.98 Å². The maximum absolute atomic E-state index is 9.27. The van der Waals surface area contributed by atoms with Crippen molar-refractivity contribution in [3.8, 4) is 0 Å². The molecule has 1 aliphatic rings. The minimum atomic E-state index is 0.0135. The zero-order chi connectivity index (χ0) is 13.0. The molecule has 0 saturated carbocycles. The first-order valence-electron chi connectivity index (χ1n) is 6.48. The van der Waals surface area contributed by atoms with Crippen molar-refractivity contribution in [3.05, 3.63) is 11.3 Å². The van der Waals surface area contributed by atoms with Crippen molar-refractivity contribution in [1.82, 2.24) is 15.3 Å². The van der Waals surface area contributed by atoms with Crippen LogP contribution in [0.2, 0.25) is 0 Å². The first kappa shape index (κ1) is 13.0. The molecule has 5 N–H and O–H groups in total. The van der Waals surface area contributed by atoms with E-state index in [1.165, 1.54) is 0 Å². The van der Waals surface area contributed by atoms with Crippen LogP contribution in [0.1, 0.15) is 24.6 Å². The quantitative estimate of drug-likeness (QED) is 0.598. The molecule has 18 heavy (non-hydrogen) atoms. The fourth-order valence-corrected chi connectivity index (χ4v) is 2.15. The highest BCUT2D eigenvalue weighted by Gasteiger charge is 2.17. The van der Waals surface area contributed by atoms with Crippen molar-refractivity contribution < 1.29 is 5.11 Å². The first-order valence-corrected chi connectivity index (χ1v) is 6.48. The average molecular weight is 251 g/mol. The summed E-state index contributed by atoms with van der Waals surface area (Å²) in [6.45, 7) is 3.96. The standard InChI is InChI=1S/C12H21N5O/c1-2-8(7-18)15-11-9-3-5-14-6-4-10(9)16-12(13)17-11/h8,14,18H,2-7H2,1H3,(H3,13,15,16,17). The van der Waals surface area contributed by atoms with E-state index >= 15 is 0 Å². The zero-order valence-electron chi connectivity index (χ0n) is 10.7. The number of aliphatic hydroxyl groups excluding tert-OH is 1. The maximum Gasteiger partial charge on any atom is 0.222 e. The lowest BCUT2D eigenvalue weighted by molar-refractivity contribution is 0.271. The van der Waals surface area contributed by atoms with Crippen LogP contribution in [0.3, 0.4) is 0 Å². The number of hydrogen-bond acceptors (Lipinski definition) is 6. The molecule has 0 spiro atoms. The molecular formula is C12H21N5O. The molecule has 2 rings (SSSR count). The van der Waals surface area contributed by atoms with Gasteiger partial charge in [-0.15, -0.1) is 0 Å². The third kappa shape index (κ3) is 2.88. The van der Waals surface area contributed by atoms with Crippen molar-refractivity contribution in [2.75, 3.05) is 30.7 Å². The molecule has 0 saturated heterocycles. The van der Waals surface area contributed by atoms with Gasteiger partial charge in [-0.05, 0) is 19.4 Å². The summed E-state index contributed by atoms with van der Waals surface area (Å²) in [4.78, 5) is 8.60. The Morgan fingerprint density at radius 2 is 2.17 bits per heavy atom. The Balaban J connectivity index is 2.30. The fraction of sp³-hybridized carbons (Fsp3) is 0.667. The Morgan fingerprint density at radius 3 is 2.89 bits per heavy atom. The van der Waals surface area contributed by atoms with Crippen molar-refractivity contribution in [2.45, 2.75) is 32.2 Å². The van der Waals surface area contributed by atoms with Crippen LogP contribution in [0.5, 0.6) is 0 Å². The molecular weight excluding hydrogens is 230 g/mol. The molecule has 0 aliphatic carbocycles. The maximum atomic E-state index is 9.27. The summed E-state index contributed by atoms with van der Waals surface area (Å²) in [5.41, 5.74) is 7.89. The summed E-state index contributed by atoms with van der Waals surface area (Å²) in [5, 5.41) is 15.9. The van der Waals surface area contributed by atoms with Gasteiger partial charge in [0.05, 0.1) is 18.3 Å². The number of nitrogens with two attached hydrogens (primary N) is 1. The summed E-state index contributed by atoms with van der Waals surface area (Å²) in [5.74, 6) is 1.08. The van der Waals surface area contributed by atoms with Crippen LogP contribution in [0.4, 0.5) is 11.8 Å². The monoisotopic (exact) mass is 251 g/mol. The molecule has 100 valence electrons. The number of fused-ring (bicyclic) bond motifs is 1. The van der Waals surface area contributed by atoms with Crippen LogP contribution in [0.25, 0.3) is 0 Å². The Kier molecular flexibility index (Phi) is 4.33. The van der Waals surface area contributed by atoms with Gasteiger partial charge < -0.3 is 21.5 Å². The van der Waals surface area contributed by atoms with Crippen LogP contribution in [0.15, 0.2) is 0 Å². The van der Waals surface area contributed by atoms with Crippen LogP contribution < -0.4 is 16.4 Å². The summed E-state index contributed by atoms with van der Waals surface area (Å²) in [6, 6.07) is 0.0135. The Labute approximate surface area is 107 Å². The zero-order valence-corrected chi connectivity index (χ0v) is 10.7. The third-order valence-corrected chi connectivity index (χ3v) is 3.25. The van der Waals surface area contributed by atoms with E-state index in [9.17, 15) is 5.11 Å². The van der Waals surface area contributed by atoms with E-state index in [1.807, 2.05) is 6.92 Å². The smallest absolute Gasteiger partial charge is 0.222 e. The van der Waals surface area contributed by atoms with E-state index in [2.05, 4.69) is 20.6 Å². The van der Waals surface area contributed by atoms with Gasteiger partial charge in [0.25, 0.3) is 0 Å². The van der Waals surface area contributed by atoms with Crippen molar-refractivity contribution in [3.63, 3.8) is 0 Å². The first-order chi connectivity index (χ1) is 8.74. The van der Waals surface area contributed by atoms with E-state index < -0.39 is 0 Å². The Hall–Kier alpha value is -1.40. The van der Waals surface area contributed by atoms with Gasteiger partial charge in [0.2, 0.25) is 5.95 Å². The van der Waals surface area contributed by atoms with Crippen LogP contribution in [-0.4, -0.2) is 40.8 Å². The molecule has 6 nitrogen and oxygen atoms in total. The number of nitrogens with one attached hydrogen (secondary N) is 2. The van der Waals surface area contributed by atoms with Crippen LogP contribution in [0, 0.1) is 0 Å². The largest absolute Gasteiger partial charge is 0.394 e. The number of nitrogens with zero attached hydrogens (tertiary/aromatic N) is 2. The number of hydrogen-bond donors (Lipinski definition) is 4. The van der Waals surface area contributed by atoms with Crippen molar-refractivity contribution in [2.24, 2.45) is 0 Å². The number of nitrogen functional groups attached to an aromatic ring is 1. The lowest BCUT2D eigenvalue weighted by Gasteiger charge is -2.18. The number of aliphatic hydroxyl groups is 1. The molecule has 0 amide bonds. The van der Waals surface area contributed by atoms with Crippen molar-refractivity contribution in [1.29, 1.82) is 0 Å². The van der Waals surface area contributed by atoms with Gasteiger partial charge in [0.15, 0.2) is 0 Å². The fourth-order valence-electron chi connectivity index (χ4n) is 2.15. The van der Waals surface area contributed by atoms with Crippen LogP contribution in [-0.2, 0) is 12.8 Å². The van der Waals surface area contributed by atoms with Crippen LogP contribution >= 0.6 is 0 Å². The summed E-state index contributed by atoms with van der Waals surface area (Å²) in [6.07, 6.45) is 2.60. The van der Waals surface area contributed by atoms with Gasteiger partial charge in [-0.1, -0.05) is 6.92 Å². The van der Waals surface area contributed by atoms with E-state index in [0.29, 0.717) is 5.95 Å². The second-order valence-corrected chi connectivity index (χ2v) is 4.54. The molecule has 1 aliphatic heterocycles. The van der Waals surface area contributed by atoms with Gasteiger partial charge in [0.1, 0.15) is 5.82 Å². The molecule has 1 aromatic rings. The molecule has 0 aromatic carbocycles. The number of aromatic nitrogens is 2. The van der Waals surface area contributed by atoms with E-state index in [-0.39, 0.29) is 12.6 Å². The topological polar surface area (TPSA) is 96.1 Å². The molecule has 0 fully saturated rings. The highest BCUT2D eigenvalue weighted by Crippen LogP contribution is 2.21. The van der Waals surface area contributed by atoms with Gasteiger partial charge in [-0.3, -0.25) is 0 Å². The Bertz CT molecular complexity index is 406. The van der Waals surface area contributed by atoms with Crippen molar-refractivity contribution >= 4 is 11.8 Å². The third-order valence-electron chi connectivity index (χ3n) is 3.25. The summed E-state index contributed by atoms with van der Waals surface area (Å²) >= 11 is 0. The molecule has 1 unspecified atom stereocenters. The molecule has 6 heteroatoms.